The number of hydrogen-bond acceptors (Lipinski definition) is 3. The molecule has 0 saturated heterocycles. The van der Waals surface area contributed by atoms with Crippen LogP contribution in [0, 0.1) is 5.92 Å². The smallest absolute Gasteiger partial charge is 0.314 e. The highest BCUT2D eigenvalue weighted by Crippen LogP contribution is 2.22. The monoisotopic (exact) mass is 201 g/mol. The third kappa shape index (κ3) is 3.46. The molecule has 0 aliphatic heterocycles. The molecule has 0 aromatic rings. The first-order valence-electron chi connectivity index (χ1n) is 4.88. The minimum absolute atomic E-state index is 0.227. The quantitative estimate of drug-likeness (QED) is 0.632. The van der Waals surface area contributed by atoms with Crippen LogP contribution in [0.15, 0.2) is 0 Å². The van der Waals surface area contributed by atoms with Crippen molar-refractivity contribution in [3.63, 3.8) is 0 Å². The van der Waals surface area contributed by atoms with E-state index in [-0.39, 0.29) is 12.2 Å². The molecule has 0 fully saturated rings. The number of carboxylic acids is 1. The Morgan fingerprint density at radius 3 is 2.00 bits per heavy atom. The highest BCUT2D eigenvalue weighted by Gasteiger charge is 2.32. The van der Waals surface area contributed by atoms with Gasteiger partial charge in [-0.25, -0.2) is 0 Å². The van der Waals surface area contributed by atoms with Crippen LogP contribution in [0.3, 0.4) is 0 Å². The maximum Gasteiger partial charge on any atom is 0.314 e. The first-order chi connectivity index (χ1) is 6.36. The fraction of sp³-hybridized carbons (Fsp3) is 0.800. The van der Waals surface area contributed by atoms with E-state index in [1.165, 1.54) is 6.92 Å². The van der Waals surface area contributed by atoms with Crippen molar-refractivity contribution in [1.82, 2.24) is 0 Å². The van der Waals surface area contributed by atoms with Gasteiger partial charge in [-0.2, -0.15) is 0 Å². The number of carboxylic acid groups (broad SMARTS) is 1. The summed E-state index contributed by atoms with van der Waals surface area (Å²) in [5.74, 6) is -2.36. The minimum Gasteiger partial charge on any atom is -0.481 e. The summed E-state index contributed by atoms with van der Waals surface area (Å²) in [4.78, 5) is 21.8. The predicted octanol–water partition coefficient (Wildman–Crippen LogP) is 1.18. The van der Waals surface area contributed by atoms with E-state index in [2.05, 4.69) is 0 Å². The first-order valence-corrected chi connectivity index (χ1v) is 4.88. The van der Waals surface area contributed by atoms with E-state index in [0.717, 1.165) is 0 Å². The molecule has 1 atom stereocenters. The van der Waals surface area contributed by atoms with Crippen LogP contribution in [0.2, 0.25) is 0 Å². The molecule has 0 aliphatic carbocycles. The van der Waals surface area contributed by atoms with Gasteiger partial charge in [0.1, 0.15) is 11.7 Å². The SMILES string of the molecule is CCC(N)(CC)CC(C(C)=O)C(=O)O. The van der Waals surface area contributed by atoms with Crippen LogP contribution < -0.4 is 5.73 Å². The van der Waals surface area contributed by atoms with Gasteiger partial charge in [0.2, 0.25) is 0 Å². The Morgan fingerprint density at radius 2 is 1.79 bits per heavy atom. The number of carbonyl (C=O) groups is 2. The van der Waals surface area contributed by atoms with Crippen molar-refractivity contribution in [1.29, 1.82) is 0 Å². The van der Waals surface area contributed by atoms with Gasteiger partial charge in [-0.15, -0.1) is 0 Å². The van der Waals surface area contributed by atoms with Crippen molar-refractivity contribution in [2.75, 3.05) is 0 Å². The van der Waals surface area contributed by atoms with Crippen molar-refractivity contribution in [2.45, 2.75) is 45.6 Å². The summed E-state index contributed by atoms with van der Waals surface area (Å²) in [7, 11) is 0. The Morgan fingerprint density at radius 1 is 1.36 bits per heavy atom. The fourth-order valence-electron chi connectivity index (χ4n) is 1.35. The molecule has 3 N–H and O–H groups in total. The van der Waals surface area contributed by atoms with Crippen molar-refractivity contribution >= 4 is 11.8 Å². The largest absolute Gasteiger partial charge is 0.481 e. The molecule has 0 saturated carbocycles. The lowest BCUT2D eigenvalue weighted by atomic mass is 9.82. The Hall–Kier alpha value is -0.900. The number of rotatable bonds is 6. The maximum atomic E-state index is 11.1. The molecule has 0 heterocycles. The number of hydrogen-bond donors (Lipinski definition) is 2. The molecule has 82 valence electrons. The normalized spacial score (nSPS) is 13.7. The summed E-state index contributed by atoms with van der Waals surface area (Å²) in [6.07, 6.45) is 1.59. The fourth-order valence-corrected chi connectivity index (χ4v) is 1.35. The Balaban J connectivity index is 4.58. The van der Waals surface area contributed by atoms with E-state index in [4.69, 9.17) is 10.8 Å². The predicted molar refractivity (Wildman–Crippen MR) is 53.9 cm³/mol. The standard InChI is InChI=1S/C10H19NO3/c1-4-10(11,5-2)6-8(7(3)12)9(13)14/h8H,4-6,11H2,1-3H3,(H,13,14). The molecule has 0 radical (unpaired) electrons. The number of ketones is 1. The van der Waals surface area contributed by atoms with Crippen molar-refractivity contribution in [2.24, 2.45) is 11.7 Å². The molecule has 0 amide bonds. The second kappa shape index (κ2) is 5.10. The minimum atomic E-state index is -1.07. The molecule has 0 spiro atoms. The van der Waals surface area contributed by atoms with Gasteiger partial charge in [0.25, 0.3) is 0 Å². The lowest BCUT2D eigenvalue weighted by molar-refractivity contribution is -0.146. The highest BCUT2D eigenvalue weighted by atomic mass is 16.4. The molecule has 0 bridgehead atoms. The van der Waals surface area contributed by atoms with Gasteiger partial charge in [-0.05, 0) is 26.2 Å². The third-order valence-corrected chi connectivity index (χ3v) is 2.81. The van der Waals surface area contributed by atoms with Crippen molar-refractivity contribution in [3.8, 4) is 0 Å². The number of nitrogens with two attached hydrogens (primary N) is 1. The second-order valence-electron chi connectivity index (χ2n) is 3.78. The number of carbonyl (C=O) groups excluding carboxylic acids is 1. The maximum absolute atomic E-state index is 11.1. The number of aliphatic carboxylic acids is 1. The summed E-state index contributed by atoms with van der Waals surface area (Å²) in [6.45, 7) is 5.11. The first kappa shape index (κ1) is 13.1. The topological polar surface area (TPSA) is 80.4 Å². The van der Waals surface area contributed by atoms with Crippen LogP contribution >= 0.6 is 0 Å². The number of Topliss-reactive ketones (excluding diaryl/α,β-unsaturated/α-hetero) is 1. The molecule has 0 aromatic carbocycles. The summed E-state index contributed by atoms with van der Waals surface area (Å²) < 4.78 is 0. The van der Waals surface area contributed by atoms with E-state index < -0.39 is 17.4 Å². The Kier molecular flexibility index (Phi) is 4.77. The van der Waals surface area contributed by atoms with E-state index in [0.29, 0.717) is 12.8 Å². The Labute approximate surface area is 84.5 Å². The molecule has 14 heavy (non-hydrogen) atoms. The van der Waals surface area contributed by atoms with Crippen LogP contribution in [-0.4, -0.2) is 22.4 Å². The molecule has 4 heteroatoms. The molecule has 1 unspecified atom stereocenters. The van der Waals surface area contributed by atoms with E-state index in [1.807, 2.05) is 13.8 Å². The van der Waals surface area contributed by atoms with Crippen LogP contribution in [-0.2, 0) is 9.59 Å². The van der Waals surface area contributed by atoms with Gasteiger partial charge < -0.3 is 10.8 Å². The zero-order valence-corrected chi connectivity index (χ0v) is 9.04. The second-order valence-corrected chi connectivity index (χ2v) is 3.78. The molecular formula is C10H19NO3. The van der Waals surface area contributed by atoms with Crippen LogP contribution in [0.25, 0.3) is 0 Å². The van der Waals surface area contributed by atoms with Crippen LogP contribution in [0.1, 0.15) is 40.0 Å². The molecule has 0 aliphatic rings. The zero-order chi connectivity index (χ0) is 11.4. The van der Waals surface area contributed by atoms with Crippen molar-refractivity contribution in [3.05, 3.63) is 0 Å². The summed E-state index contributed by atoms with van der Waals surface area (Å²) in [6, 6.07) is 0. The third-order valence-electron chi connectivity index (χ3n) is 2.81. The summed E-state index contributed by atoms with van der Waals surface area (Å²) >= 11 is 0. The Bertz CT molecular complexity index is 207. The summed E-state index contributed by atoms with van der Waals surface area (Å²) in [5, 5.41) is 8.82. The van der Waals surface area contributed by atoms with Gasteiger partial charge in [0.15, 0.2) is 0 Å². The van der Waals surface area contributed by atoms with Crippen molar-refractivity contribution < 1.29 is 14.7 Å². The van der Waals surface area contributed by atoms with Crippen LogP contribution in [0.5, 0.6) is 0 Å². The van der Waals surface area contributed by atoms with Gasteiger partial charge in [-0.3, -0.25) is 9.59 Å². The zero-order valence-electron chi connectivity index (χ0n) is 9.04. The van der Waals surface area contributed by atoms with E-state index >= 15 is 0 Å². The average Bonchev–Trinajstić information content (AvgIpc) is 2.13. The van der Waals surface area contributed by atoms with Gasteiger partial charge in [0, 0.05) is 5.54 Å². The summed E-state index contributed by atoms with van der Waals surface area (Å²) in [5.41, 5.74) is 5.42. The lowest BCUT2D eigenvalue weighted by Crippen LogP contribution is -2.43. The highest BCUT2D eigenvalue weighted by molar-refractivity contribution is 5.96. The van der Waals surface area contributed by atoms with Gasteiger partial charge >= 0.3 is 5.97 Å². The average molecular weight is 201 g/mol. The lowest BCUT2D eigenvalue weighted by Gasteiger charge is -2.28. The molecule has 0 rings (SSSR count). The van der Waals surface area contributed by atoms with E-state index in [9.17, 15) is 9.59 Å². The van der Waals surface area contributed by atoms with E-state index in [1.54, 1.807) is 0 Å². The molecule has 4 nitrogen and oxygen atoms in total. The van der Waals surface area contributed by atoms with Crippen LogP contribution in [0.4, 0.5) is 0 Å². The van der Waals surface area contributed by atoms with Gasteiger partial charge in [-0.1, -0.05) is 13.8 Å². The molecule has 0 aromatic heterocycles. The molecular weight excluding hydrogens is 182 g/mol. The van der Waals surface area contributed by atoms with Gasteiger partial charge in [0.05, 0.1) is 0 Å².